The highest BCUT2D eigenvalue weighted by Crippen LogP contribution is 2.20. The van der Waals surface area contributed by atoms with Crippen molar-refractivity contribution in [2.45, 2.75) is 18.5 Å². The Kier molecular flexibility index (Phi) is 6.07. The Labute approximate surface area is 107 Å². The first-order valence-electron chi connectivity index (χ1n) is 5.71. The van der Waals surface area contributed by atoms with Crippen molar-refractivity contribution in [3.8, 4) is 0 Å². The van der Waals surface area contributed by atoms with E-state index in [0.717, 1.165) is 36.3 Å². The quantitative estimate of drug-likeness (QED) is 0.569. The van der Waals surface area contributed by atoms with Crippen LogP contribution < -0.4 is 10.2 Å². The molecule has 17 heavy (non-hydrogen) atoms. The normalized spacial score (nSPS) is 10.4. The number of hydrogen-bond donors (Lipinski definition) is 2. The molecule has 96 valence electrons. The van der Waals surface area contributed by atoms with E-state index in [1.165, 1.54) is 11.8 Å². The summed E-state index contributed by atoms with van der Waals surface area (Å²) in [7, 11) is 1.85. The van der Waals surface area contributed by atoms with Crippen molar-refractivity contribution in [2.75, 3.05) is 43.2 Å². The molecule has 0 atom stereocenters. The average Bonchev–Trinajstić information content (AvgIpc) is 2.39. The maximum Gasteiger partial charge on any atom is 0.191 e. The predicted molar refractivity (Wildman–Crippen MR) is 72.9 cm³/mol. The zero-order valence-corrected chi connectivity index (χ0v) is 11.4. The summed E-state index contributed by atoms with van der Waals surface area (Å²) in [5, 5.41) is 12.7. The Bertz CT molecular complexity index is 326. The topological polar surface area (TPSA) is 61.3 Å². The largest absolute Gasteiger partial charge is 0.396 e. The van der Waals surface area contributed by atoms with Crippen molar-refractivity contribution in [3.63, 3.8) is 0 Å². The van der Waals surface area contributed by atoms with Crippen LogP contribution in [-0.4, -0.2) is 48.1 Å². The third-order valence-electron chi connectivity index (χ3n) is 2.42. The molecule has 2 N–H and O–H groups in total. The first-order chi connectivity index (χ1) is 8.24. The molecular weight excluding hydrogens is 236 g/mol. The highest BCUT2D eigenvalue weighted by atomic mass is 32.2. The number of rotatable bonds is 7. The highest BCUT2D eigenvalue weighted by Gasteiger charge is 2.09. The average molecular weight is 256 g/mol. The van der Waals surface area contributed by atoms with Gasteiger partial charge in [0.25, 0.3) is 0 Å². The second-order valence-electron chi connectivity index (χ2n) is 3.50. The van der Waals surface area contributed by atoms with Crippen molar-refractivity contribution in [2.24, 2.45) is 0 Å². The Balaban J connectivity index is 2.92. The smallest absolute Gasteiger partial charge is 0.191 e. The number of hydrogen-bond acceptors (Lipinski definition) is 6. The monoisotopic (exact) mass is 256 g/mol. The molecule has 0 radical (unpaired) electrons. The summed E-state index contributed by atoms with van der Waals surface area (Å²) in [6.07, 6.45) is 2.71. The fourth-order valence-electron chi connectivity index (χ4n) is 1.49. The van der Waals surface area contributed by atoms with Crippen LogP contribution in [0.5, 0.6) is 0 Å². The van der Waals surface area contributed by atoms with Crippen LogP contribution in [0.1, 0.15) is 13.3 Å². The Morgan fingerprint density at radius 1 is 1.47 bits per heavy atom. The van der Waals surface area contributed by atoms with E-state index in [0.29, 0.717) is 0 Å². The van der Waals surface area contributed by atoms with Crippen molar-refractivity contribution in [3.05, 3.63) is 6.07 Å². The van der Waals surface area contributed by atoms with E-state index >= 15 is 0 Å². The van der Waals surface area contributed by atoms with Crippen molar-refractivity contribution in [1.29, 1.82) is 0 Å². The van der Waals surface area contributed by atoms with Crippen LogP contribution in [0.4, 0.5) is 11.6 Å². The molecule has 0 fully saturated rings. The molecule has 1 aromatic rings. The molecule has 0 aliphatic heterocycles. The number of aliphatic hydroxyl groups is 1. The lowest BCUT2D eigenvalue weighted by Gasteiger charge is -2.22. The Hall–Kier alpha value is -1.01. The molecule has 1 rings (SSSR count). The van der Waals surface area contributed by atoms with E-state index in [2.05, 4.69) is 27.1 Å². The van der Waals surface area contributed by atoms with Crippen LogP contribution in [0.2, 0.25) is 0 Å². The summed E-state index contributed by atoms with van der Waals surface area (Å²) in [4.78, 5) is 10.9. The number of aliphatic hydroxyl groups excluding tert-OH is 1. The molecule has 0 amide bonds. The van der Waals surface area contributed by atoms with Gasteiger partial charge >= 0.3 is 0 Å². The molecule has 0 aliphatic rings. The molecule has 1 aromatic heterocycles. The molecule has 0 saturated carbocycles. The zero-order valence-electron chi connectivity index (χ0n) is 10.6. The van der Waals surface area contributed by atoms with E-state index in [1.54, 1.807) is 0 Å². The maximum absolute atomic E-state index is 8.88. The van der Waals surface area contributed by atoms with Crippen LogP contribution in [0.15, 0.2) is 11.2 Å². The first-order valence-corrected chi connectivity index (χ1v) is 6.94. The minimum Gasteiger partial charge on any atom is -0.396 e. The summed E-state index contributed by atoms with van der Waals surface area (Å²) in [5.74, 6) is 1.73. The second-order valence-corrected chi connectivity index (χ2v) is 4.28. The third-order valence-corrected chi connectivity index (χ3v) is 2.97. The van der Waals surface area contributed by atoms with Crippen LogP contribution in [0, 0.1) is 0 Å². The van der Waals surface area contributed by atoms with Gasteiger partial charge in [0.05, 0.1) is 0 Å². The molecule has 5 nitrogen and oxygen atoms in total. The van der Waals surface area contributed by atoms with Crippen LogP contribution >= 0.6 is 11.8 Å². The maximum atomic E-state index is 8.88. The van der Waals surface area contributed by atoms with Gasteiger partial charge in [-0.25, -0.2) is 9.97 Å². The first kappa shape index (κ1) is 14.1. The van der Waals surface area contributed by atoms with E-state index in [1.807, 2.05) is 19.4 Å². The number of nitrogens with zero attached hydrogens (tertiary/aromatic N) is 3. The van der Waals surface area contributed by atoms with Crippen LogP contribution in [0.3, 0.4) is 0 Å². The van der Waals surface area contributed by atoms with Gasteiger partial charge in [0.2, 0.25) is 0 Å². The van der Waals surface area contributed by atoms with E-state index in [-0.39, 0.29) is 6.61 Å². The van der Waals surface area contributed by atoms with Gasteiger partial charge in [-0.05, 0) is 19.6 Å². The fourth-order valence-corrected chi connectivity index (χ4v) is 1.86. The van der Waals surface area contributed by atoms with E-state index < -0.39 is 0 Å². The number of thioether (sulfide) groups is 1. The lowest BCUT2D eigenvalue weighted by atomic mass is 10.3. The van der Waals surface area contributed by atoms with Gasteiger partial charge in [0.15, 0.2) is 5.16 Å². The Morgan fingerprint density at radius 3 is 2.76 bits per heavy atom. The van der Waals surface area contributed by atoms with Gasteiger partial charge in [-0.3, -0.25) is 0 Å². The third kappa shape index (κ3) is 4.05. The minimum atomic E-state index is 0.204. The minimum absolute atomic E-state index is 0.204. The number of aromatic nitrogens is 2. The second kappa shape index (κ2) is 7.34. The summed E-state index contributed by atoms with van der Waals surface area (Å²) < 4.78 is 0. The van der Waals surface area contributed by atoms with Gasteiger partial charge in [-0.1, -0.05) is 11.8 Å². The van der Waals surface area contributed by atoms with E-state index in [9.17, 15) is 0 Å². The molecule has 0 aliphatic carbocycles. The predicted octanol–water partition coefficient (Wildman–Crippen LogP) is 1.45. The molecule has 6 heteroatoms. The van der Waals surface area contributed by atoms with Crippen LogP contribution in [0.25, 0.3) is 0 Å². The van der Waals surface area contributed by atoms with Gasteiger partial charge in [0.1, 0.15) is 11.6 Å². The SMILES string of the molecule is CCN(CCCO)c1cc(NC)nc(SC)n1. The van der Waals surface area contributed by atoms with Crippen molar-refractivity contribution in [1.82, 2.24) is 9.97 Å². The molecule has 1 heterocycles. The molecule has 0 saturated heterocycles. The molecule has 0 spiro atoms. The lowest BCUT2D eigenvalue weighted by Crippen LogP contribution is -2.26. The summed E-state index contributed by atoms with van der Waals surface area (Å²) >= 11 is 1.53. The van der Waals surface area contributed by atoms with E-state index in [4.69, 9.17) is 5.11 Å². The molecule has 0 aromatic carbocycles. The number of nitrogens with one attached hydrogen (secondary N) is 1. The standard InChI is InChI=1S/C11H20N4OS/c1-4-15(6-5-7-16)10-8-9(12-2)13-11(14-10)17-3/h8,16H,4-7H2,1-3H3,(H,12,13,14). The summed E-state index contributed by atoms with van der Waals surface area (Å²) in [5.41, 5.74) is 0. The fraction of sp³-hybridized carbons (Fsp3) is 0.636. The molecular formula is C11H20N4OS. The number of anilines is 2. The summed E-state index contributed by atoms with van der Waals surface area (Å²) in [6, 6.07) is 1.93. The highest BCUT2D eigenvalue weighted by molar-refractivity contribution is 7.98. The van der Waals surface area contributed by atoms with Crippen molar-refractivity contribution >= 4 is 23.4 Å². The van der Waals surface area contributed by atoms with Crippen molar-refractivity contribution < 1.29 is 5.11 Å². The molecule has 0 unspecified atom stereocenters. The van der Waals surface area contributed by atoms with Crippen LogP contribution in [-0.2, 0) is 0 Å². The van der Waals surface area contributed by atoms with Gasteiger partial charge in [0, 0.05) is 32.8 Å². The Morgan fingerprint density at radius 2 is 2.24 bits per heavy atom. The van der Waals surface area contributed by atoms with Gasteiger partial charge in [-0.15, -0.1) is 0 Å². The molecule has 0 bridgehead atoms. The lowest BCUT2D eigenvalue weighted by molar-refractivity contribution is 0.289. The zero-order chi connectivity index (χ0) is 12.7. The van der Waals surface area contributed by atoms with Gasteiger partial charge in [-0.2, -0.15) is 0 Å². The van der Waals surface area contributed by atoms with Gasteiger partial charge < -0.3 is 15.3 Å². The summed E-state index contributed by atoms with van der Waals surface area (Å²) in [6.45, 7) is 3.96.